The average molecular weight is 250 g/mol. The molecule has 0 aliphatic carbocycles. The van der Waals surface area contributed by atoms with E-state index >= 15 is 0 Å². The standard InChI is InChI=1S/C15H22O3/c1-3-4-5-8-14(16)13(2)10-12-18-15-9-6-7-11-17-15/h3-5,8,10,12-13,15H,6-7,9,11H2,1-2H3/b4-3-,8-5-,12-10-. The van der Waals surface area contributed by atoms with E-state index in [1.807, 2.05) is 26.0 Å². The van der Waals surface area contributed by atoms with Crippen LogP contribution in [0.3, 0.4) is 0 Å². The second-order valence-corrected chi connectivity index (χ2v) is 4.34. The van der Waals surface area contributed by atoms with Crippen LogP contribution >= 0.6 is 0 Å². The van der Waals surface area contributed by atoms with Gasteiger partial charge in [0, 0.05) is 12.3 Å². The maximum Gasteiger partial charge on any atom is 0.198 e. The number of ether oxygens (including phenoxy) is 2. The Labute approximate surface area is 109 Å². The minimum Gasteiger partial charge on any atom is -0.473 e. The highest BCUT2D eigenvalue weighted by molar-refractivity contribution is 5.92. The van der Waals surface area contributed by atoms with Crippen LogP contribution in [0.25, 0.3) is 0 Å². The van der Waals surface area contributed by atoms with Crippen LogP contribution < -0.4 is 0 Å². The van der Waals surface area contributed by atoms with Crippen molar-refractivity contribution >= 4 is 5.78 Å². The zero-order chi connectivity index (χ0) is 13.2. The summed E-state index contributed by atoms with van der Waals surface area (Å²) in [6.07, 6.45) is 13.4. The van der Waals surface area contributed by atoms with Crippen molar-refractivity contribution in [2.24, 2.45) is 5.92 Å². The maximum absolute atomic E-state index is 11.6. The monoisotopic (exact) mass is 250 g/mol. The normalized spacial score (nSPS) is 22.9. The van der Waals surface area contributed by atoms with Gasteiger partial charge in [0.25, 0.3) is 0 Å². The molecule has 0 radical (unpaired) electrons. The smallest absolute Gasteiger partial charge is 0.198 e. The fourth-order valence-electron chi connectivity index (χ4n) is 1.58. The van der Waals surface area contributed by atoms with Crippen LogP contribution in [0.5, 0.6) is 0 Å². The Hall–Kier alpha value is -1.35. The Morgan fingerprint density at radius 3 is 2.89 bits per heavy atom. The third-order valence-electron chi connectivity index (χ3n) is 2.75. The largest absolute Gasteiger partial charge is 0.473 e. The molecule has 1 rings (SSSR count). The predicted octanol–water partition coefficient (Wildman–Crippen LogP) is 3.38. The second kappa shape index (κ2) is 8.70. The molecule has 0 spiro atoms. The number of hydrogen-bond donors (Lipinski definition) is 0. The van der Waals surface area contributed by atoms with Gasteiger partial charge in [-0.15, -0.1) is 0 Å². The molecular formula is C15H22O3. The van der Waals surface area contributed by atoms with Gasteiger partial charge >= 0.3 is 0 Å². The topological polar surface area (TPSA) is 35.5 Å². The molecule has 2 unspecified atom stereocenters. The summed E-state index contributed by atoms with van der Waals surface area (Å²) < 4.78 is 10.9. The Morgan fingerprint density at radius 2 is 2.22 bits per heavy atom. The number of ketones is 1. The van der Waals surface area contributed by atoms with Crippen LogP contribution in [-0.2, 0) is 14.3 Å². The highest BCUT2D eigenvalue weighted by Gasteiger charge is 2.13. The van der Waals surface area contributed by atoms with Gasteiger partial charge in [0.2, 0.25) is 0 Å². The van der Waals surface area contributed by atoms with E-state index in [-0.39, 0.29) is 18.0 Å². The molecule has 0 aromatic heterocycles. The summed E-state index contributed by atoms with van der Waals surface area (Å²) in [5.74, 6) is -0.104. The van der Waals surface area contributed by atoms with Crippen molar-refractivity contribution in [1.82, 2.24) is 0 Å². The fourth-order valence-corrected chi connectivity index (χ4v) is 1.58. The molecule has 18 heavy (non-hydrogen) atoms. The first kappa shape index (κ1) is 14.7. The van der Waals surface area contributed by atoms with Crippen molar-refractivity contribution in [3.05, 3.63) is 36.6 Å². The van der Waals surface area contributed by atoms with Gasteiger partial charge in [0.1, 0.15) is 0 Å². The summed E-state index contributed by atoms with van der Waals surface area (Å²) in [4.78, 5) is 11.6. The van der Waals surface area contributed by atoms with Gasteiger partial charge in [0.15, 0.2) is 12.1 Å². The molecule has 0 amide bonds. The number of allylic oxidation sites excluding steroid dienone is 5. The van der Waals surface area contributed by atoms with Crippen LogP contribution in [0.2, 0.25) is 0 Å². The van der Waals surface area contributed by atoms with Gasteiger partial charge < -0.3 is 9.47 Å². The first-order chi connectivity index (χ1) is 8.74. The molecule has 3 heteroatoms. The van der Waals surface area contributed by atoms with E-state index in [2.05, 4.69) is 0 Å². The molecule has 1 saturated heterocycles. The lowest BCUT2D eigenvalue weighted by atomic mass is 10.1. The van der Waals surface area contributed by atoms with Crippen LogP contribution in [-0.4, -0.2) is 18.7 Å². The number of carbonyl (C=O) groups is 1. The lowest BCUT2D eigenvalue weighted by Gasteiger charge is -2.21. The number of rotatable bonds is 6. The molecule has 0 bridgehead atoms. The lowest BCUT2D eigenvalue weighted by molar-refractivity contribution is -0.130. The zero-order valence-electron chi connectivity index (χ0n) is 11.2. The van der Waals surface area contributed by atoms with Crippen LogP contribution in [0.1, 0.15) is 33.1 Å². The Morgan fingerprint density at radius 1 is 1.39 bits per heavy atom. The van der Waals surface area contributed by atoms with Crippen molar-refractivity contribution in [3.63, 3.8) is 0 Å². The molecule has 1 heterocycles. The molecular weight excluding hydrogens is 228 g/mol. The third-order valence-corrected chi connectivity index (χ3v) is 2.75. The third kappa shape index (κ3) is 5.82. The minimum absolute atomic E-state index is 0.0671. The molecule has 1 fully saturated rings. The second-order valence-electron chi connectivity index (χ2n) is 4.34. The Bertz CT molecular complexity index is 323. The van der Waals surface area contributed by atoms with Crippen molar-refractivity contribution < 1.29 is 14.3 Å². The highest BCUT2D eigenvalue weighted by Crippen LogP contribution is 2.14. The molecule has 3 nitrogen and oxygen atoms in total. The van der Waals surface area contributed by atoms with E-state index in [0.717, 1.165) is 25.9 Å². The summed E-state index contributed by atoms with van der Waals surface area (Å²) in [5.41, 5.74) is 0. The molecule has 0 saturated carbocycles. The quantitative estimate of drug-likeness (QED) is 0.412. The van der Waals surface area contributed by atoms with E-state index in [9.17, 15) is 4.79 Å². The van der Waals surface area contributed by atoms with Gasteiger partial charge in [-0.25, -0.2) is 0 Å². The minimum atomic E-state index is -0.171. The molecule has 1 aliphatic rings. The van der Waals surface area contributed by atoms with Gasteiger partial charge in [-0.2, -0.15) is 0 Å². The van der Waals surface area contributed by atoms with Crippen LogP contribution in [0.4, 0.5) is 0 Å². The average Bonchev–Trinajstić information content (AvgIpc) is 2.40. The molecule has 0 aromatic rings. The van der Waals surface area contributed by atoms with E-state index in [4.69, 9.17) is 9.47 Å². The number of hydrogen-bond acceptors (Lipinski definition) is 3. The summed E-state index contributed by atoms with van der Waals surface area (Å²) in [5, 5.41) is 0. The molecule has 1 aliphatic heterocycles. The SMILES string of the molecule is C/C=C\C=C/C(=O)C(C)/C=C\OC1CCCCO1. The van der Waals surface area contributed by atoms with E-state index in [1.54, 1.807) is 24.5 Å². The summed E-state index contributed by atoms with van der Waals surface area (Å²) in [7, 11) is 0. The van der Waals surface area contributed by atoms with E-state index < -0.39 is 0 Å². The molecule has 100 valence electrons. The molecule has 0 N–H and O–H groups in total. The maximum atomic E-state index is 11.6. The Balaban J connectivity index is 2.29. The summed E-state index contributed by atoms with van der Waals surface area (Å²) in [6, 6.07) is 0. The molecule has 0 aromatic carbocycles. The first-order valence-corrected chi connectivity index (χ1v) is 6.51. The summed E-state index contributed by atoms with van der Waals surface area (Å²) in [6.45, 7) is 4.53. The van der Waals surface area contributed by atoms with Crippen LogP contribution in [0, 0.1) is 5.92 Å². The van der Waals surface area contributed by atoms with Gasteiger partial charge in [-0.1, -0.05) is 25.2 Å². The van der Waals surface area contributed by atoms with E-state index in [0.29, 0.717) is 0 Å². The van der Waals surface area contributed by atoms with Crippen molar-refractivity contribution in [2.45, 2.75) is 39.4 Å². The van der Waals surface area contributed by atoms with Crippen LogP contribution in [0.15, 0.2) is 36.6 Å². The van der Waals surface area contributed by atoms with Gasteiger partial charge in [-0.3, -0.25) is 4.79 Å². The van der Waals surface area contributed by atoms with Crippen molar-refractivity contribution in [3.8, 4) is 0 Å². The Kier molecular flexibility index (Phi) is 7.11. The fraction of sp³-hybridized carbons (Fsp3) is 0.533. The zero-order valence-corrected chi connectivity index (χ0v) is 11.2. The van der Waals surface area contributed by atoms with Crippen molar-refractivity contribution in [2.75, 3.05) is 6.61 Å². The van der Waals surface area contributed by atoms with E-state index in [1.165, 1.54) is 0 Å². The van der Waals surface area contributed by atoms with Gasteiger partial charge in [-0.05, 0) is 31.9 Å². The summed E-state index contributed by atoms with van der Waals surface area (Å²) >= 11 is 0. The number of carbonyl (C=O) groups excluding carboxylic acids is 1. The predicted molar refractivity (Wildman–Crippen MR) is 71.9 cm³/mol. The highest BCUT2D eigenvalue weighted by atomic mass is 16.7. The molecule has 2 atom stereocenters. The van der Waals surface area contributed by atoms with Crippen molar-refractivity contribution in [1.29, 1.82) is 0 Å². The van der Waals surface area contributed by atoms with Gasteiger partial charge in [0.05, 0.1) is 12.9 Å². The lowest BCUT2D eigenvalue weighted by Crippen LogP contribution is -2.20. The first-order valence-electron chi connectivity index (χ1n) is 6.51.